The molecule has 4 heteroatoms. The van der Waals surface area contributed by atoms with Gasteiger partial charge in [-0.2, -0.15) is 0 Å². The first-order valence-electron chi connectivity index (χ1n) is 6.65. The number of hydrogen-bond donors (Lipinski definition) is 1. The van der Waals surface area contributed by atoms with E-state index in [9.17, 15) is 0 Å². The molecule has 0 bridgehead atoms. The fourth-order valence-corrected chi connectivity index (χ4v) is 3.57. The summed E-state index contributed by atoms with van der Waals surface area (Å²) in [4.78, 5) is 1.30. The lowest BCUT2D eigenvalue weighted by molar-refractivity contribution is 0.480. The molecule has 20 heavy (non-hydrogen) atoms. The first-order valence-corrected chi connectivity index (χ1v) is 7.91. The highest BCUT2D eigenvalue weighted by Crippen LogP contribution is 2.33. The molecule has 1 aromatic carbocycles. The van der Waals surface area contributed by atoms with Gasteiger partial charge in [0.05, 0.1) is 0 Å². The number of hydrogen-bond acceptors (Lipinski definition) is 3. The normalized spacial score (nSPS) is 12.9. The van der Waals surface area contributed by atoms with Crippen LogP contribution in [0, 0.1) is 6.92 Å². The number of halogens is 1. The Hall–Kier alpha value is -1.29. The molecule has 0 radical (unpaired) electrons. The van der Waals surface area contributed by atoms with Crippen molar-refractivity contribution in [1.29, 1.82) is 0 Å². The first kappa shape index (κ1) is 13.7. The molecule has 2 aromatic heterocycles. The van der Waals surface area contributed by atoms with Crippen LogP contribution in [0.15, 0.2) is 40.1 Å². The standard InChI is InChI=1S/C16H16ClNOS/c1-3-18-15(16-10(2)6-7-20-16)14-9-11-8-12(17)4-5-13(11)19-14/h4-9,15,18H,3H2,1-2H3. The predicted molar refractivity (Wildman–Crippen MR) is 85.8 cm³/mol. The fraction of sp³-hybridized carbons (Fsp3) is 0.250. The number of aryl methyl sites for hydroxylation is 1. The molecule has 2 heterocycles. The van der Waals surface area contributed by atoms with Crippen molar-refractivity contribution < 1.29 is 4.42 Å². The largest absolute Gasteiger partial charge is 0.459 e. The van der Waals surface area contributed by atoms with Crippen LogP contribution in [0.3, 0.4) is 0 Å². The molecular weight excluding hydrogens is 290 g/mol. The smallest absolute Gasteiger partial charge is 0.134 e. The van der Waals surface area contributed by atoms with E-state index in [0.29, 0.717) is 0 Å². The summed E-state index contributed by atoms with van der Waals surface area (Å²) in [6.07, 6.45) is 0. The maximum absolute atomic E-state index is 6.04. The maximum atomic E-state index is 6.04. The molecule has 0 fully saturated rings. The van der Waals surface area contributed by atoms with Crippen LogP contribution in [-0.4, -0.2) is 6.54 Å². The monoisotopic (exact) mass is 305 g/mol. The van der Waals surface area contributed by atoms with E-state index in [1.54, 1.807) is 11.3 Å². The zero-order chi connectivity index (χ0) is 14.1. The van der Waals surface area contributed by atoms with Crippen molar-refractivity contribution in [2.45, 2.75) is 19.9 Å². The van der Waals surface area contributed by atoms with E-state index >= 15 is 0 Å². The van der Waals surface area contributed by atoms with Crippen LogP contribution in [0.5, 0.6) is 0 Å². The summed E-state index contributed by atoms with van der Waals surface area (Å²) in [6, 6.07) is 10.0. The van der Waals surface area contributed by atoms with Gasteiger partial charge in [-0.3, -0.25) is 0 Å². The van der Waals surface area contributed by atoms with Gasteiger partial charge in [-0.15, -0.1) is 11.3 Å². The zero-order valence-corrected chi connectivity index (χ0v) is 13.0. The molecule has 3 rings (SSSR count). The summed E-state index contributed by atoms with van der Waals surface area (Å²) in [5.74, 6) is 0.940. The third-order valence-electron chi connectivity index (χ3n) is 3.35. The lowest BCUT2D eigenvalue weighted by Gasteiger charge is -2.15. The van der Waals surface area contributed by atoms with Crippen LogP contribution in [-0.2, 0) is 0 Å². The van der Waals surface area contributed by atoms with Gasteiger partial charge in [-0.05, 0) is 54.7 Å². The highest BCUT2D eigenvalue weighted by molar-refractivity contribution is 7.10. The van der Waals surface area contributed by atoms with Crippen molar-refractivity contribution in [2.24, 2.45) is 0 Å². The van der Waals surface area contributed by atoms with Crippen LogP contribution in [0.4, 0.5) is 0 Å². The van der Waals surface area contributed by atoms with Gasteiger partial charge in [-0.1, -0.05) is 18.5 Å². The van der Waals surface area contributed by atoms with E-state index in [0.717, 1.165) is 28.3 Å². The Bertz CT molecular complexity index is 731. The van der Waals surface area contributed by atoms with Gasteiger partial charge in [0.15, 0.2) is 0 Å². The highest BCUT2D eigenvalue weighted by Gasteiger charge is 2.20. The topological polar surface area (TPSA) is 25.2 Å². The van der Waals surface area contributed by atoms with Crippen LogP contribution < -0.4 is 5.32 Å². The zero-order valence-electron chi connectivity index (χ0n) is 11.4. The minimum atomic E-state index is 0.103. The molecule has 0 aliphatic heterocycles. The molecule has 104 valence electrons. The van der Waals surface area contributed by atoms with Gasteiger partial charge < -0.3 is 9.73 Å². The van der Waals surface area contributed by atoms with E-state index in [-0.39, 0.29) is 6.04 Å². The van der Waals surface area contributed by atoms with Crippen molar-refractivity contribution in [3.63, 3.8) is 0 Å². The number of fused-ring (bicyclic) bond motifs is 1. The number of thiophene rings is 1. The van der Waals surface area contributed by atoms with Crippen molar-refractivity contribution in [2.75, 3.05) is 6.54 Å². The molecule has 2 nitrogen and oxygen atoms in total. The Kier molecular flexibility index (Phi) is 3.83. The van der Waals surface area contributed by atoms with E-state index in [4.69, 9.17) is 16.0 Å². The molecule has 0 aliphatic rings. The number of rotatable bonds is 4. The van der Waals surface area contributed by atoms with Gasteiger partial charge in [0.1, 0.15) is 17.4 Å². The highest BCUT2D eigenvalue weighted by atomic mass is 35.5. The lowest BCUT2D eigenvalue weighted by atomic mass is 10.1. The average molecular weight is 306 g/mol. The molecule has 1 unspecified atom stereocenters. The summed E-state index contributed by atoms with van der Waals surface area (Å²) in [5.41, 5.74) is 2.17. The minimum absolute atomic E-state index is 0.103. The van der Waals surface area contributed by atoms with Gasteiger partial charge >= 0.3 is 0 Å². The second-order valence-electron chi connectivity index (χ2n) is 4.79. The Morgan fingerprint density at radius 1 is 1.30 bits per heavy atom. The van der Waals surface area contributed by atoms with E-state index in [2.05, 4.69) is 36.7 Å². The summed E-state index contributed by atoms with van der Waals surface area (Å²) in [7, 11) is 0. The quantitative estimate of drug-likeness (QED) is 0.720. The average Bonchev–Trinajstić information content (AvgIpc) is 3.01. The number of furan rings is 1. The van der Waals surface area contributed by atoms with Crippen LogP contribution in [0.1, 0.15) is 29.2 Å². The molecule has 0 spiro atoms. The summed E-state index contributed by atoms with van der Waals surface area (Å²) in [6.45, 7) is 5.13. The number of nitrogens with one attached hydrogen (secondary N) is 1. The molecule has 0 aliphatic carbocycles. The van der Waals surface area contributed by atoms with E-state index in [1.165, 1.54) is 10.4 Å². The van der Waals surface area contributed by atoms with Crippen molar-refractivity contribution in [3.05, 3.63) is 56.9 Å². The fourth-order valence-electron chi connectivity index (χ4n) is 2.38. The molecule has 0 saturated heterocycles. The molecule has 0 saturated carbocycles. The summed E-state index contributed by atoms with van der Waals surface area (Å²) < 4.78 is 6.00. The predicted octanol–water partition coefficient (Wildman–Crippen LogP) is 5.16. The molecule has 3 aromatic rings. The Morgan fingerprint density at radius 2 is 2.15 bits per heavy atom. The van der Waals surface area contributed by atoms with Crippen molar-refractivity contribution in [1.82, 2.24) is 5.32 Å². The van der Waals surface area contributed by atoms with Gasteiger partial charge in [-0.25, -0.2) is 0 Å². The first-order chi connectivity index (χ1) is 9.69. The summed E-state index contributed by atoms with van der Waals surface area (Å²) >= 11 is 7.80. The van der Waals surface area contributed by atoms with E-state index in [1.807, 2.05) is 18.2 Å². The van der Waals surface area contributed by atoms with Crippen molar-refractivity contribution in [3.8, 4) is 0 Å². The molecule has 0 amide bonds. The lowest BCUT2D eigenvalue weighted by Crippen LogP contribution is -2.21. The molecular formula is C16H16ClNOS. The van der Waals surface area contributed by atoms with E-state index < -0.39 is 0 Å². The van der Waals surface area contributed by atoms with Gasteiger partial charge in [0.2, 0.25) is 0 Å². The van der Waals surface area contributed by atoms with Gasteiger partial charge in [0, 0.05) is 15.3 Å². The second-order valence-corrected chi connectivity index (χ2v) is 6.17. The van der Waals surface area contributed by atoms with Gasteiger partial charge in [0.25, 0.3) is 0 Å². The Morgan fingerprint density at radius 3 is 2.85 bits per heavy atom. The Labute approximate surface area is 127 Å². The summed E-state index contributed by atoms with van der Waals surface area (Å²) in [5, 5.41) is 7.40. The SMILES string of the molecule is CCNC(c1cc2cc(Cl)ccc2o1)c1sccc1C. The van der Waals surface area contributed by atoms with Crippen LogP contribution in [0.2, 0.25) is 5.02 Å². The molecule has 1 N–H and O–H groups in total. The second kappa shape index (κ2) is 5.60. The Balaban J connectivity index is 2.07. The number of benzene rings is 1. The third kappa shape index (κ3) is 2.49. The molecule has 1 atom stereocenters. The minimum Gasteiger partial charge on any atom is -0.459 e. The third-order valence-corrected chi connectivity index (χ3v) is 4.67. The maximum Gasteiger partial charge on any atom is 0.134 e. The van der Waals surface area contributed by atoms with Crippen LogP contribution in [0.25, 0.3) is 11.0 Å². The van der Waals surface area contributed by atoms with Crippen LogP contribution >= 0.6 is 22.9 Å². The van der Waals surface area contributed by atoms with Crippen molar-refractivity contribution >= 4 is 33.9 Å².